The van der Waals surface area contributed by atoms with E-state index in [0.717, 1.165) is 0 Å². The Morgan fingerprint density at radius 1 is 1.05 bits per heavy atom. The van der Waals surface area contributed by atoms with Crippen molar-refractivity contribution in [2.24, 2.45) is 0 Å². The monoisotopic (exact) mass is 505 g/mol. The summed E-state index contributed by atoms with van der Waals surface area (Å²) in [5, 5.41) is 16.1. The highest BCUT2D eigenvalue weighted by Gasteiger charge is 2.36. The molecule has 0 saturated heterocycles. The summed E-state index contributed by atoms with van der Waals surface area (Å²) in [5.74, 6) is -0.437. The van der Waals surface area contributed by atoms with Gasteiger partial charge in [-0.25, -0.2) is 0 Å². The van der Waals surface area contributed by atoms with E-state index in [1.807, 2.05) is 13.0 Å². The molecule has 0 aliphatic carbocycles. The zero-order valence-corrected chi connectivity index (χ0v) is 20.7. The maximum atomic E-state index is 13.6. The molecule has 1 N–H and O–H groups in total. The van der Waals surface area contributed by atoms with Gasteiger partial charge in [0.1, 0.15) is 11.4 Å². The number of benzene rings is 3. The summed E-state index contributed by atoms with van der Waals surface area (Å²) in [7, 11) is 1.54. The first-order valence-electron chi connectivity index (χ1n) is 11.9. The quantitative estimate of drug-likeness (QED) is 0.391. The molecule has 5 rings (SSSR count). The van der Waals surface area contributed by atoms with Crippen molar-refractivity contribution in [2.75, 3.05) is 17.3 Å². The van der Waals surface area contributed by atoms with Crippen molar-refractivity contribution in [3.05, 3.63) is 107 Å². The first-order chi connectivity index (χ1) is 18.4. The second-order valence-electron chi connectivity index (χ2n) is 8.87. The van der Waals surface area contributed by atoms with E-state index < -0.39 is 5.91 Å². The average Bonchev–Trinajstić information content (AvgIpc) is 3.37. The number of carbonyl (C=O) groups is 3. The van der Waals surface area contributed by atoms with E-state index in [1.165, 1.54) is 10.9 Å². The van der Waals surface area contributed by atoms with Crippen LogP contribution in [0.2, 0.25) is 0 Å². The number of anilines is 2. The van der Waals surface area contributed by atoms with Gasteiger partial charge >= 0.3 is 0 Å². The summed E-state index contributed by atoms with van der Waals surface area (Å²) >= 11 is 0. The molecule has 0 radical (unpaired) electrons. The van der Waals surface area contributed by atoms with Crippen LogP contribution in [0.1, 0.15) is 49.3 Å². The summed E-state index contributed by atoms with van der Waals surface area (Å²) in [6.07, 6.45) is 1.38. The number of carbonyl (C=O) groups excluding carboxylic acids is 3. The lowest BCUT2D eigenvalue weighted by molar-refractivity contribution is 0.0933. The molecule has 4 aromatic rings. The molecule has 1 aliphatic heterocycles. The van der Waals surface area contributed by atoms with Crippen molar-refractivity contribution in [1.82, 2.24) is 9.78 Å². The largest absolute Gasteiger partial charge is 0.497 e. The number of amides is 2. The number of nitrogens with one attached hydrogen (secondary N) is 1. The molecule has 0 bridgehead atoms. The van der Waals surface area contributed by atoms with Gasteiger partial charge in [0.05, 0.1) is 43.1 Å². The third-order valence-electron chi connectivity index (χ3n) is 6.37. The van der Waals surface area contributed by atoms with Crippen molar-refractivity contribution < 1.29 is 19.1 Å². The molecule has 1 aromatic heterocycles. The second-order valence-corrected chi connectivity index (χ2v) is 8.87. The molecule has 188 valence electrons. The molecule has 2 heterocycles. The number of ether oxygens (including phenoxy) is 1. The predicted molar refractivity (Wildman–Crippen MR) is 140 cm³/mol. The second kappa shape index (κ2) is 10.0. The number of ketones is 1. The normalized spacial score (nSPS) is 14.4. The number of hydrogen-bond acceptors (Lipinski definition) is 6. The zero-order chi connectivity index (χ0) is 26.8. The van der Waals surface area contributed by atoms with Gasteiger partial charge in [0.2, 0.25) is 0 Å². The Kier molecular flexibility index (Phi) is 6.46. The van der Waals surface area contributed by atoms with Gasteiger partial charge in [-0.3, -0.25) is 19.1 Å². The van der Waals surface area contributed by atoms with Crippen LogP contribution in [0.15, 0.2) is 79.0 Å². The lowest BCUT2D eigenvalue weighted by Crippen LogP contribution is -2.47. The lowest BCUT2D eigenvalue weighted by atomic mass is 10.0. The van der Waals surface area contributed by atoms with E-state index in [-0.39, 0.29) is 29.0 Å². The van der Waals surface area contributed by atoms with Crippen molar-refractivity contribution in [3.8, 4) is 11.8 Å². The van der Waals surface area contributed by atoms with Gasteiger partial charge in [-0.15, -0.1) is 0 Å². The predicted octanol–water partition coefficient (Wildman–Crippen LogP) is 4.30. The van der Waals surface area contributed by atoms with Gasteiger partial charge in [0, 0.05) is 22.5 Å². The standard InChI is InChI=1S/C29H23N5O4/c1-18-17-33-26(25(16-31-33)28(36)32-22-7-3-5-19(13-22)15-30)29(37)34(18)23-11-9-20(10-12-23)27(35)21-6-4-8-24(14-21)38-2/h3-14,16,18H,17H2,1-2H3,(H,32,36). The highest BCUT2D eigenvalue weighted by atomic mass is 16.5. The summed E-state index contributed by atoms with van der Waals surface area (Å²) in [5.41, 5.74) is 2.74. The molecule has 2 amide bonds. The van der Waals surface area contributed by atoms with Crippen molar-refractivity contribution in [1.29, 1.82) is 5.26 Å². The van der Waals surface area contributed by atoms with Gasteiger partial charge in [-0.2, -0.15) is 10.4 Å². The van der Waals surface area contributed by atoms with Crippen molar-refractivity contribution >= 4 is 29.0 Å². The van der Waals surface area contributed by atoms with E-state index in [9.17, 15) is 14.4 Å². The maximum Gasteiger partial charge on any atom is 0.277 e. The number of aromatic nitrogens is 2. The van der Waals surface area contributed by atoms with E-state index in [2.05, 4.69) is 10.4 Å². The topological polar surface area (TPSA) is 117 Å². The lowest BCUT2D eigenvalue weighted by Gasteiger charge is -2.34. The smallest absolute Gasteiger partial charge is 0.277 e. The Morgan fingerprint density at radius 3 is 2.55 bits per heavy atom. The number of hydrogen-bond donors (Lipinski definition) is 1. The highest BCUT2D eigenvalue weighted by molar-refractivity contribution is 6.16. The first-order valence-corrected chi connectivity index (χ1v) is 11.9. The van der Waals surface area contributed by atoms with E-state index >= 15 is 0 Å². The summed E-state index contributed by atoms with van der Waals surface area (Å²) in [4.78, 5) is 41.3. The van der Waals surface area contributed by atoms with Crippen molar-refractivity contribution in [2.45, 2.75) is 19.5 Å². The molecular weight excluding hydrogens is 482 g/mol. The summed E-state index contributed by atoms with van der Waals surface area (Å²) < 4.78 is 6.74. The average molecular weight is 506 g/mol. The van der Waals surface area contributed by atoms with Crippen LogP contribution in [0.25, 0.3) is 0 Å². The number of nitrogens with zero attached hydrogens (tertiary/aromatic N) is 4. The molecule has 1 aliphatic rings. The fraction of sp³-hybridized carbons (Fsp3) is 0.138. The van der Waals surface area contributed by atoms with Crippen LogP contribution in [0.3, 0.4) is 0 Å². The molecule has 38 heavy (non-hydrogen) atoms. The Morgan fingerprint density at radius 2 is 1.82 bits per heavy atom. The number of rotatable bonds is 6. The minimum atomic E-state index is -0.497. The molecule has 1 unspecified atom stereocenters. The number of fused-ring (bicyclic) bond motifs is 1. The van der Waals surface area contributed by atoms with Crippen LogP contribution in [0, 0.1) is 11.3 Å². The number of methoxy groups -OCH3 is 1. The van der Waals surface area contributed by atoms with Crippen LogP contribution in [-0.4, -0.2) is 40.5 Å². The van der Waals surface area contributed by atoms with Crippen LogP contribution >= 0.6 is 0 Å². The van der Waals surface area contributed by atoms with Crippen LogP contribution in [-0.2, 0) is 6.54 Å². The fourth-order valence-electron chi connectivity index (χ4n) is 4.50. The molecular formula is C29H23N5O4. The van der Waals surface area contributed by atoms with Crippen LogP contribution in [0.4, 0.5) is 11.4 Å². The van der Waals surface area contributed by atoms with Crippen LogP contribution in [0.5, 0.6) is 5.75 Å². The van der Waals surface area contributed by atoms with Crippen LogP contribution < -0.4 is 15.0 Å². The van der Waals surface area contributed by atoms with Gasteiger partial charge < -0.3 is 15.0 Å². The fourth-order valence-corrected chi connectivity index (χ4v) is 4.50. The van der Waals surface area contributed by atoms with E-state index in [4.69, 9.17) is 10.00 Å². The maximum absolute atomic E-state index is 13.6. The van der Waals surface area contributed by atoms with E-state index in [1.54, 1.807) is 84.8 Å². The summed E-state index contributed by atoms with van der Waals surface area (Å²) in [6.45, 7) is 2.29. The van der Waals surface area contributed by atoms with E-state index in [0.29, 0.717) is 40.4 Å². The zero-order valence-electron chi connectivity index (χ0n) is 20.7. The minimum Gasteiger partial charge on any atom is -0.497 e. The highest BCUT2D eigenvalue weighted by Crippen LogP contribution is 2.28. The Hall–Kier alpha value is -5.23. The SMILES string of the molecule is COc1cccc(C(=O)c2ccc(N3C(=O)c4c(C(=O)Nc5cccc(C#N)c5)cnn4CC3C)cc2)c1. The van der Waals surface area contributed by atoms with Gasteiger partial charge in [-0.1, -0.05) is 18.2 Å². The molecule has 9 heteroatoms. The Balaban J connectivity index is 1.39. The molecule has 0 fully saturated rings. The summed E-state index contributed by atoms with van der Waals surface area (Å²) in [6, 6.07) is 22.0. The molecule has 3 aromatic carbocycles. The molecule has 9 nitrogen and oxygen atoms in total. The number of nitriles is 1. The molecule has 1 atom stereocenters. The van der Waals surface area contributed by atoms with Gasteiger partial charge in [-0.05, 0) is 61.5 Å². The Bertz CT molecular complexity index is 1600. The first kappa shape index (κ1) is 24.5. The van der Waals surface area contributed by atoms with Gasteiger partial charge in [0.15, 0.2) is 5.78 Å². The minimum absolute atomic E-state index is 0.138. The third-order valence-corrected chi connectivity index (χ3v) is 6.37. The molecule has 0 spiro atoms. The van der Waals surface area contributed by atoms with Gasteiger partial charge in [0.25, 0.3) is 11.8 Å². The Labute approximate surface area is 218 Å². The third kappa shape index (κ3) is 4.51. The van der Waals surface area contributed by atoms with Crippen molar-refractivity contribution in [3.63, 3.8) is 0 Å². The molecule has 0 saturated carbocycles.